The van der Waals surface area contributed by atoms with Crippen molar-refractivity contribution in [2.24, 2.45) is 11.8 Å². The standard InChI is InChI=1S/C43H52O3/c1-4-5-6-7-32-10-17-37(18-11-32)38-19-12-33(13-20-38)8-9-35-16-23-42-28-41(25-24-40(42)27-35)39-21-14-34(15-22-39)26-36(29-44)30-46-43(45)31(2)3/h10-13,16-20,23-25,27-28,34,36,39,44H,2,4-9,14-15,21-22,26,29-30H2,1,3H3. The molecular weight excluding hydrogens is 564 g/mol. The minimum Gasteiger partial charge on any atom is -0.462 e. The number of hydrogen-bond acceptors (Lipinski definition) is 3. The molecule has 242 valence electrons. The van der Waals surface area contributed by atoms with Crippen molar-refractivity contribution in [3.63, 3.8) is 0 Å². The van der Waals surface area contributed by atoms with Crippen molar-refractivity contribution in [1.82, 2.24) is 0 Å². The molecule has 0 bridgehead atoms. The van der Waals surface area contributed by atoms with Gasteiger partial charge >= 0.3 is 5.97 Å². The molecule has 1 atom stereocenters. The molecule has 1 fully saturated rings. The highest BCUT2D eigenvalue weighted by molar-refractivity contribution is 5.87. The molecule has 0 spiro atoms. The lowest BCUT2D eigenvalue weighted by molar-refractivity contribution is -0.140. The van der Waals surface area contributed by atoms with Gasteiger partial charge in [-0.2, -0.15) is 0 Å². The average molecular weight is 617 g/mol. The van der Waals surface area contributed by atoms with E-state index in [1.807, 2.05) is 0 Å². The van der Waals surface area contributed by atoms with Crippen molar-refractivity contribution >= 4 is 16.7 Å². The summed E-state index contributed by atoms with van der Waals surface area (Å²) < 4.78 is 5.31. The van der Waals surface area contributed by atoms with E-state index in [4.69, 9.17) is 4.74 Å². The Labute approximate surface area is 276 Å². The number of unbranched alkanes of at least 4 members (excludes halogenated alkanes) is 2. The molecule has 4 aromatic rings. The lowest BCUT2D eigenvalue weighted by atomic mass is 9.75. The van der Waals surface area contributed by atoms with Gasteiger partial charge in [-0.05, 0) is 121 Å². The fourth-order valence-corrected chi connectivity index (χ4v) is 7.03. The van der Waals surface area contributed by atoms with E-state index >= 15 is 0 Å². The van der Waals surface area contributed by atoms with Gasteiger partial charge in [-0.15, -0.1) is 0 Å². The number of rotatable bonds is 15. The number of hydrogen-bond donors (Lipinski definition) is 1. The molecule has 1 aliphatic rings. The number of carbonyl (C=O) groups excluding carboxylic acids is 1. The maximum Gasteiger partial charge on any atom is 0.333 e. The van der Waals surface area contributed by atoms with Gasteiger partial charge in [-0.3, -0.25) is 0 Å². The minimum absolute atomic E-state index is 0.00177. The molecule has 0 saturated heterocycles. The number of ether oxygens (including phenoxy) is 1. The van der Waals surface area contributed by atoms with E-state index < -0.39 is 0 Å². The van der Waals surface area contributed by atoms with E-state index in [2.05, 4.69) is 98.4 Å². The number of carbonyl (C=O) groups is 1. The minimum atomic E-state index is -0.370. The molecule has 1 N–H and O–H groups in total. The van der Waals surface area contributed by atoms with Crippen LogP contribution >= 0.6 is 0 Å². The maximum absolute atomic E-state index is 11.7. The molecule has 5 rings (SSSR count). The third-order valence-electron chi connectivity index (χ3n) is 9.98. The summed E-state index contributed by atoms with van der Waals surface area (Å²) in [5, 5.41) is 12.5. The predicted octanol–water partition coefficient (Wildman–Crippen LogP) is 10.4. The Kier molecular flexibility index (Phi) is 12.3. The molecule has 1 saturated carbocycles. The van der Waals surface area contributed by atoms with Gasteiger partial charge in [0.05, 0.1) is 6.61 Å². The third kappa shape index (κ3) is 9.42. The van der Waals surface area contributed by atoms with Gasteiger partial charge in [0.2, 0.25) is 0 Å². The van der Waals surface area contributed by atoms with Crippen LogP contribution in [0.15, 0.2) is 97.1 Å². The summed E-state index contributed by atoms with van der Waals surface area (Å²) in [7, 11) is 0. The van der Waals surface area contributed by atoms with Crippen LogP contribution in [0.25, 0.3) is 21.9 Å². The summed E-state index contributed by atoms with van der Waals surface area (Å²) in [6, 6.07) is 32.2. The SMILES string of the molecule is C=C(C)C(=O)OCC(CO)CC1CCC(c2ccc3cc(CCc4ccc(-c5ccc(CCCCC)cc5)cc4)ccc3c2)CC1. The second-order valence-electron chi connectivity index (χ2n) is 13.7. The van der Waals surface area contributed by atoms with Gasteiger partial charge in [0.25, 0.3) is 0 Å². The monoisotopic (exact) mass is 616 g/mol. The topological polar surface area (TPSA) is 46.5 Å². The Hall–Kier alpha value is -3.69. The molecule has 0 radical (unpaired) electrons. The zero-order chi connectivity index (χ0) is 32.3. The Bertz CT molecular complexity index is 1560. The van der Waals surface area contributed by atoms with Gasteiger partial charge in [0.15, 0.2) is 0 Å². The van der Waals surface area contributed by atoms with E-state index in [0.717, 1.165) is 32.1 Å². The molecule has 0 heterocycles. The van der Waals surface area contributed by atoms with Gasteiger partial charge in [-0.1, -0.05) is 111 Å². The highest BCUT2D eigenvalue weighted by Crippen LogP contribution is 2.39. The molecule has 46 heavy (non-hydrogen) atoms. The summed E-state index contributed by atoms with van der Waals surface area (Å²) in [5.41, 5.74) is 8.63. The number of aryl methyl sites for hydroxylation is 3. The molecule has 0 aliphatic heterocycles. The van der Waals surface area contributed by atoms with Crippen molar-refractivity contribution in [2.45, 2.75) is 90.4 Å². The summed E-state index contributed by atoms with van der Waals surface area (Å²) >= 11 is 0. The van der Waals surface area contributed by atoms with E-state index in [9.17, 15) is 9.90 Å². The molecule has 1 unspecified atom stereocenters. The second kappa shape index (κ2) is 16.7. The van der Waals surface area contributed by atoms with Crippen LogP contribution in [0.3, 0.4) is 0 Å². The first-order valence-corrected chi connectivity index (χ1v) is 17.6. The van der Waals surface area contributed by atoms with E-state index in [0.29, 0.717) is 17.4 Å². The first-order valence-electron chi connectivity index (χ1n) is 17.6. The van der Waals surface area contributed by atoms with Crippen LogP contribution in [0.4, 0.5) is 0 Å². The lowest BCUT2D eigenvalue weighted by Crippen LogP contribution is -2.23. The van der Waals surface area contributed by atoms with E-state index in [1.165, 1.54) is 82.7 Å². The summed E-state index contributed by atoms with van der Waals surface area (Å²) in [5.74, 6) is 0.788. The van der Waals surface area contributed by atoms with Crippen molar-refractivity contribution in [2.75, 3.05) is 13.2 Å². The Morgan fingerprint density at radius 2 is 1.37 bits per heavy atom. The predicted molar refractivity (Wildman–Crippen MR) is 192 cm³/mol. The molecule has 3 heteroatoms. The second-order valence-corrected chi connectivity index (χ2v) is 13.7. The molecule has 0 amide bonds. The van der Waals surface area contributed by atoms with Crippen LogP contribution in [0.2, 0.25) is 0 Å². The molecule has 3 nitrogen and oxygen atoms in total. The number of benzene rings is 4. The summed E-state index contributed by atoms with van der Waals surface area (Å²) in [6.45, 7) is 7.87. The normalized spacial score (nSPS) is 17.1. The largest absolute Gasteiger partial charge is 0.462 e. The van der Waals surface area contributed by atoms with Crippen LogP contribution in [0, 0.1) is 11.8 Å². The highest BCUT2D eigenvalue weighted by atomic mass is 16.5. The number of fused-ring (bicyclic) bond motifs is 1. The lowest BCUT2D eigenvalue weighted by Gasteiger charge is -2.31. The van der Waals surface area contributed by atoms with Crippen LogP contribution in [0.5, 0.6) is 0 Å². The van der Waals surface area contributed by atoms with Gasteiger partial charge < -0.3 is 9.84 Å². The van der Waals surface area contributed by atoms with E-state index in [1.54, 1.807) is 6.92 Å². The highest BCUT2D eigenvalue weighted by Gasteiger charge is 2.25. The summed E-state index contributed by atoms with van der Waals surface area (Å²) in [6.07, 6.45) is 12.6. The van der Waals surface area contributed by atoms with E-state index in [-0.39, 0.29) is 25.1 Å². The van der Waals surface area contributed by atoms with Crippen molar-refractivity contribution in [3.05, 3.63) is 119 Å². The zero-order valence-corrected chi connectivity index (χ0v) is 28.0. The fraction of sp³-hybridized carbons (Fsp3) is 0.419. The Morgan fingerprint density at radius 3 is 2.00 bits per heavy atom. The van der Waals surface area contributed by atoms with Crippen molar-refractivity contribution in [3.8, 4) is 11.1 Å². The van der Waals surface area contributed by atoms with Crippen molar-refractivity contribution in [1.29, 1.82) is 0 Å². The first kappa shape index (κ1) is 33.7. The zero-order valence-electron chi connectivity index (χ0n) is 28.0. The van der Waals surface area contributed by atoms with Crippen LogP contribution < -0.4 is 0 Å². The summed E-state index contributed by atoms with van der Waals surface area (Å²) in [4.78, 5) is 11.7. The molecule has 1 aliphatic carbocycles. The molecular formula is C43H52O3. The average Bonchev–Trinajstić information content (AvgIpc) is 3.09. The van der Waals surface area contributed by atoms with Crippen LogP contribution in [-0.4, -0.2) is 24.3 Å². The smallest absolute Gasteiger partial charge is 0.333 e. The molecule has 4 aromatic carbocycles. The van der Waals surface area contributed by atoms with Crippen LogP contribution in [-0.2, 0) is 28.8 Å². The van der Waals surface area contributed by atoms with Gasteiger partial charge in [0, 0.05) is 18.1 Å². The fourth-order valence-electron chi connectivity index (χ4n) is 7.03. The van der Waals surface area contributed by atoms with Crippen LogP contribution in [0.1, 0.15) is 93.4 Å². The number of aliphatic hydroxyl groups is 1. The quantitative estimate of drug-likeness (QED) is 0.0821. The Morgan fingerprint density at radius 1 is 0.783 bits per heavy atom. The number of aliphatic hydroxyl groups excluding tert-OH is 1. The molecule has 0 aromatic heterocycles. The first-order chi connectivity index (χ1) is 22.4. The van der Waals surface area contributed by atoms with Gasteiger partial charge in [-0.25, -0.2) is 4.79 Å². The van der Waals surface area contributed by atoms with Crippen molar-refractivity contribution < 1.29 is 14.6 Å². The Balaban J connectivity index is 1.10. The maximum atomic E-state index is 11.7. The van der Waals surface area contributed by atoms with Gasteiger partial charge in [0.1, 0.15) is 0 Å². The number of esters is 1. The third-order valence-corrected chi connectivity index (χ3v) is 9.98.